The fourth-order valence-electron chi connectivity index (χ4n) is 2.96. The zero-order valence-corrected chi connectivity index (χ0v) is 16.8. The first-order valence-corrected chi connectivity index (χ1v) is 10.2. The second kappa shape index (κ2) is 11.0. The average Bonchev–Trinajstić information content (AvgIpc) is 2.77. The first-order chi connectivity index (χ1) is 14.3. The van der Waals surface area contributed by atoms with Gasteiger partial charge in [-0.3, -0.25) is 4.98 Å². The molecule has 0 unspecified atom stereocenters. The Bertz CT molecular complexity index is 874. The lowest BCUT2D eigenvalue weighted by Gasteiger charge is -2.08. The van der Waals surface area contributed by atoms with Crippen LogP contribution in [0.1, 0.15) is 49.4 Å². The molecule has 3 rings (SSSR count). The summed E-state index contributed by atoms with van der Waals surface area (Å²) in [6.07, 6.45) is 7.68. The molecule has 3 aromatic rings. The molecule has 1 aromatic heterocycles. The maximum Gasteiger partial charge on any atom is 0.345 e. The number of esters is 1. The van der Waals surface area contributed by atoms with E-state index < -0.39 is 5.97 Å². The second-order valence-corrected chi connectivity index (χ2v) is 6.92. The summed E-state index contributed by atoms with van der Waals surface area (Å²) in [5.74, 6) is 0.966. The maximum atomic E-state index is 12.2. The summed E-state index contributed by atoms with van der Waals surface area (Å²) in [5, 5.41) is 0. The molecule has 0 atom stereocenters. The van der Waals surface area contributed by atoms with Crippen LogP contribution in [0.5, 0.6) is 11.5 Å². The molecule has 4 heteroatoms. The monoisotopic (exact) mass is 389 g/mol. The van der Waals surface area contributed by atoms with Gasteiger partial charge in [0.05, 0.1) is 17.9 Å². The molecular weight excluding hydrogens is 362 g/mol. The third-order valence-electron chi connectivity index (χ3n) is 4.62. The molecule has 0 spiro atoms. The number of ether oxygens (including phenoxy) is 2. The van der Waals surface area contributed by atoms with Crippen LogP contribution in [0.15, 0.2) is 72.9 Å². The largest absolute Gasteiger partial charge is 0.494 e. The number of pyridine rings is 1. The Kier molecular flexibility index (Phi) is 7.81. The molecule has 0 fully saturated rings. The van der Waals surface area contributed by atoms with Gasteiger partial charge in [-0.15, -0.1) is 0 Å². The summed E-state index contributed by atoms with van der Waals surface area (Å²) in [6.45, 7) is 2.97. The molecule has 1 heterocycles. The minimum Gasteiger partial charge on any atom is -0.494 e. The van der Waals surface area contributed by atoms with Crippen LogP contribution in [-0.4, -0.2) is 17.6 Å². The van der Waals surface area contributed by atoms with Crippen molar-refractivity contribution in [2.24, 2.45) is 0 Å². The van der Waals surface area contributed by atoms with Gasteiger partial charge in [0.25, 0.3) is 0 Å². The summed E-state index contributed by atoms with van der Waals surface area (Å²) >= 11 is 0. The van der Waals surface area contributed by atoms with Crippen LogP contribution in [0.3, 0.4) is 0 Å². The summed E-state index contributed by atoms with van der Waals surface area (Å²) in [6, 6.07) is 20.4. The van der Waals surface area contributed by atoms with E-state index in [4.69, 9.17) is 9.47 Å². The molecule has 2 aromatic carbocycles. The summed E-state index contributed by atoms with van der Waals surface area (Å²) in [5.41, 5.74) is 2.19. The van der Waals surface area contributed by atoms with Crippen molar-refractivity contribution in [1.29, 1.82) is 0 Å². The molecule has 4 nitrogen and oxygen atoms in total. The zero-order chi connectivity index (χ0) is 20.3. The number of carbonyl (C=O) groups excluding carboxylic acids is 1. The van der Waals surface area contributed by atoms with Crippen molar-refractivity contribution in [3.05, 3.63) is 78.5 Å². The molecule has 0 aliphatic carbocycles. The van der Waals surface area contributed by atoms with Gasteiger partial charge in [0.2, 0.25) is 0 Å². The van der Waals surface area contributed by atoms with Crippen molar-refractivity contribution >= 4 is 5.97 Å². The SMILES string of the molecule is CCCCCCCOc1ccc(-c2ccc(C(=O)Oc3ccccc3)cn2)cc1. The number of rotatable bonds is 10. The van der Waals surface area contributed by atoms with E-state index in [2.05, 4.69) is 11.9 Å². The predicted octanol–water partition coefficient (Wildman–Crippen LogP) is 6.32. The number of carbonyl (C=O) groups is 1. The molecule has 0 amide bonds. The van der Waals surface area contributed by atoms with Crippen LogP contribution in [0.4, 0.5) is 0 Å². The Morgan fingerprint density at radius 2 is 1.59 bits per heavy atom. The number of unbranched alkanes of at least 4 members (excludes halogenated alkanes) is 4. The third kappa shape index (κ3) is 6.46. The first kappa shape index (κ1) is 20.6. The highest BCUT2D eigenvalue weighted by Crippen LogP contribution is 2.21. The number of nitrogens with zero attached hydrogens (tertiary/aromatic N) is 1. The molecule has 0 radical (unpaired) electrons. The number of hydrogen-bond donors (Lipinski definition) is 0. The molecule has 0 N–H and O–H groups in total. The van der Waals surface area contributed by atoms with Crippen molar-refractivity contribution in [2.75, 3.05) is 6.61 Å². The van der Waals surface area contributed by atoms with Crippen LogP contribution in [0.2, 0.25) is 0 Å². The minimum atomic E-state index is -0.419. The minimum absolute atomic E-state index is 0.417. The van der Waals surface area contributed by atoms with Gasteiger partial charge in [-0.2, -0.15) is 0 Å². The van der Waals surface area contributed by atoms with Crippen LogP contribution in [-0.2, 0) is 0 Å². The zero-order valence-electron chi connectivity index (χ0n) is 16.8. The maximum absolute atomic E-state index is 12.2. The molecule has 29 heavy (non-hydrogen) atoms. The van der Waals surface area contributed by atoms with Crippen molar-refractivity contribution in [1.82, 2.24) is 4.98 Å². The predicted molar refractivity (Wildman–Crippen MR) is 115 cm³/mol. The van der Waals surface area contributed by atoms with Crippen molar-refractivity contribution in [3.8, 4) is 22.8 Å². The number of aromatic nitrogens is 1. The number of benzene rings is 2. The Hall–Kier alpha value is -3.14. The van der Waals surface area contributed by atoms with Gasteiger partial charge in [0.1, 0.15) is 11.5 Å². The highest BCUT2D eigenvalue weighted by molar-refractivity contribution is 5.91. The molecular formula is C25H27NO3. The normalized spacial score (nSPS) is 10.5. The van der Waals surface area contributed by atoms with Gasteiger partial charge in [-0.25, -0.2) is 4.79 Å². The van der Waals surface area contributed by atoms with Gasteiger partial charge in [0.15, 0.2) is 0 Å². The first-order valence-electron chi connectivity index (χ1n) is 10.2. The van der Waals surface area contributed by atoms with Crippen molar-refractivity contribution in [3.63, 3.8) is 0 Å². The number of para-hydroxylation sites is 1. The fraction of sp³-hybridized carbons (Fsp3) is 0.280. The van der Waals surface area contributed by atoms with Gasteiger partial charge in [0, 0.05) is 11.8 Å². The topological polar surface area (TPSA) is 48.4 Å². The fourth-order valence-corrected chi connectivity index (χ4v) is 2.96. The lowest BCUT2D eigenvalue weighted by Crippen LogP contribution is -2.08. The van der Waals surface area contributed by atoms with Crippen LogP contribution < -0.4 is 9.47 Å². The molecule has 0 saturated heterocycles. The number of hydrogen-bond acceptors (Lipinski definition) is 4. The summed E-state index contributed by atoms with van der Waals surface area (Å²) in [4.78, 5) is 16.6. The van der Waals surface area contributed by atoms with E-state index in [0.29, 0.717) is 11.3 Å². The molecule has 0 bridgehead atoms. The van der Waals surface area contributed by atoms with Crippen LogP contribution in [0, 0.1) is 0 Å². The van der Waals surface area contributed by atoms with Gasteiger partial charge in [-0.1, -0.05) is 50.8 Å². The standard InChI is InChI=1S/C25H27NO3/c1-2-3-4-5-9-18-28-22-15-12-20(13-16-22)24-17-14-21(19-26-24)25(27)29-23-10-7-6-8-11-23/h6-8,10-17,19H,2-5,9,18H2,1H3. The molecule has 0 aliphatic heterocycles. The van der Waals surface area contributed by atoms with E-state index in [1.165, 1.54) is 25.7 Å². The molecule has 0 saturated carbocycles. The molecule has 0 aliphatic rings. The summed E-state index contributed by atoms with van der Waals surface area (Å²) in [7, 11) is 0. The van der Waals surface area contributed by atoms with E-state index in [1.807, 2.05) is 48.5 Å². The van der Waals surface area contributed by atoms with E-state index in [1.54, 1.807) is 24.4 Å². The van der Waals surface area contributed by atoms with E-state index in [0.717, 1.165) is 30.0 Å². The van der Waals surface area contributed by atoms with Gasteiger partial charge < -0.3 is 9.47 Å². The van der Waals surface area contributed by atoms with E-state index in [9.17, 15) is 4.79 Å². The lowest BCUT2D eigenvalue weighted by atomic mass is 10.1. The highest BCUT2D eigenvalue weighted by Gasteiger charge is 2.09. The van der Waals surface area contributed by atoms with Gasteiger partial charge in [-0.05, 0) is 55.0 Å². The van der Waals surface area contributed by atoms with Gasteiger partial charge >= 0.3 is 5.97 Å². The average molecular weight is 389 g/mol. The second-order valence-electron chi connectivity index (χ2n) is 6.92. The lowest BCUT2D eigenvalue weighted by molar-refractivity contribution is 0.0734. The molecule has 150 valence electrons. The van der Waals surface area contributed by atoms with E-state index >= 15 is 0 Å². The van der Waals surface area contributed by atoms with Crippen LogP contribution >= 0.6 is 0 Å². The van der Waals surface area contributed by atoms with E-state index in [-0.39, 0.29) is 0 Å². The quantitative estimate of drug-likeness (QED) is 0.231. The van der Waals surface area contributed by atoms with Crippen molar-refractivity contribution < 1.29 is 14.3 Å². The Morgan fingerprint density at radius 1 is 0.828 bits per heavy atom. The Labute approximate surface area is 172 Å². The smallest absolute Gasteiger partial charge is 0.345 e. The summed E-state index contributed by atoms with van der Waals surface area (Å²) < 4.78 is 11.1. The Balaban J connectivity index is 1.52. The Morgan fingerprint density at radius 3 is 2.28 bits per heavy atom. The third-order valence-corrected chi connectivity index (χ3v) is 4.62. The highest BCUT2D eigenvalue weighted by atomic mass is 16.5. The van der Waals surface area contributed by atoms with Crippen LogP contribution in [0.25, 0.3) is 11.3 Å². The van der Waals surface area contributed by atoms with Crippen molar-refractivity contribution in [2.45, 2.75) is 39.0 Å².